The van der Waals surface area contributed by atoms with Crippen LogP contribution in [0.3, 0.4) is 0 Å². The van der Waals surface area contributed by atoms with Gasteiger partial charge < -0.3 is 5.32 Å². The third-order valence-electron chi connectivity index (χ3n) is 4.49. The van der Waals surface area contributed by atoms with Gasteiger partial charge in [-0.15, -0.1) is 11.3 Å². The van der Waals surface area contributed by atoms with Gasteiger partial charge in [-0.3, -0.25) is 0 Å². The Morgan fingerprint density at radius 2 is 1.94 bits per heavy atom. The van der Waals surface area contributed by atoms with Crippen LogP contribution in [0.25, 0.3) is 0 Å². The second kappa shape index (κ2) is 5.11. The Kier molecular flexibility index (Phi) is 3.53. The van der Waals surface area contributed by atoms with Gasteiger partial charge in [-0.25, -0.2) is 0 Å². The van der Waals surface area contributed by atoms with E-state index >= 15 is 0 Å². The van der Waals surface area contributed by atoms with Crippen molar-refractivity contribution in [3.8, 4) is 0 Å². The first kappa shape index (κ1) is 11.7. The summed E-state index contributed by atoms with van der Waals surface area (Å²) in [5.74, 6) is 1.84. The summed E-state index contributed by atoms with van der Waals surface area (Å²) in [5.41, 5.74) is 0. The van der Waals surface area contributed by atoms with E-state index in [-0.39, 0.29) is 0 Å². The highest BCUT2D eigenvalue weighted by atomic mass is 32.1. The number of rotatable bonds is 5. The van der Waals surface area contributed by atoms with E-state index in [2.05, 4.69) is 29.8 Å². The van der Waals surface area contributed by atoms with Crippen molar-refractivity contribution in [3.63, 3.8) is 0 Å². The molecule has 0 spiro atoms. The van der Waals surface area contributed by atoms with E-state index in [1.54, 1.807) is 4.88 Å². The Morgan fingerprint density at radius 3 is 2.53 bits per heavy atom. The zero-order valence-corrected chi connectivity index (χ0v) is 11.5. The fourth-order valence-corrected chi connectivity index (χ4v) is 4.10. The van der Waals surface area contributed by atoms with Gasteiger partial charge >= 0.3 is 0 Å². The average molecular weight is 249 g/mol. The van der Waals surface area contributed by atoms with Gasteiger partial charge in [0.25, 0.3) is 0 Å². The predicted octanol–water partition coefficient (Wildman–Crippen LogP) is 4.37. The summed E-state index contributed by atoms with van der Waals surface area (Å²) in [6.07, 6.45) is 8.62. The van der Waals surface area contributed by atoms with Crippen LogP contribution >= 0.6 is 11.3 Å². The topological polar surface area (TPSA) is 12.0 Å². The molecular weight excluding hydrogens is 226 g/mol. The highest BCUT2D eigenvalue weighted by molar-refractivity contribution is 7.10. The van der Waals surface area contributed by atoms with Crippen LogP contribution in [0.15, 0.2) is 17.5 Å². The fraction of sp³-hybridized carbons (Fsp3) is 0.733. The number of hydrogen-bond donors (Lipinski definition) is 1. The van der Waals surface area contributed by atoms with E-state index in [1.807, 2.05) is 11.3 Å². The molecule has 2 aliphatic carbocycles. The predicted molar refractivity (Wildman–Crippen MR) is 74.3 cm³/mol. The van der Waals surface area contributed by atoms with Gasteiger partial charge in [-0.2, -0.15) is 0 Å². The van der Waals surface area contributed by atoms with Gasteiger partial charge in [0.05, 0.1) is 0 Å². The highest BCUT2D eigenvalue weighted by Crippen LogP contribution is 2.43. The van der Waals surface area contributed by atoms with Crippen LogP contribution in [0.1, 0.15) is 56.4 Å². The first-order chi connectivity index (χ1) is 8.34. The van der Waals surface area contributed by atoms with E-state index in [1.165, 1.54) is 38.5 Å². The smallest absolute Gasteiger partial charge is 0.0445 e. The normalized spacial score (nSPS) is 25.0. The molecule has 2 fully saturated rings. The average Bonchev–Trinajstić information content (AvgIpc) is 2.87. The number of thiophene rings is 1. The van der Waals surface area contributed by atoms with Crippen LogP contribution in [0.4, 0.5) is 0 Å². The summed E-state index contributed by atoms with van der Waals surface area (Å²) in [6.45, 7) is 2.40. The number of hydrogen-bond acceptors (Lipinski definition) is 2. The van der Waals surface area contributed by atoms with Gasteiger partial charge in [0.2, 0.25) is 0 Å². The molecule has 2 atom stereocenters. The van der Waals surface area contributed by atoms with Crippen LogP contribution in [-0.2, 0) is 0 Å². The van der Waals surface area contributed by atoms with Gasteiger partial charge in [0, 0.05) is 17.0 Å². The monoisotopic (exact) mass is 249 g/mol. The standard InChI is InChI=1S/C15H23NS/c1-11(12-5-2-3-6-12)16-15(13-8-9-13)14-7-4-10-17-14/h4,7,10-13,15-16H,2-3,5-6,8-9H2,1H3/t11-,15?/m1/s1. The molecule has 0 aliphatic heterocycles. The largest absolute Gasteiger partial charge is 0.306 e. The van der Waals surface area contributed by atoms with Gasteiger partial charge in [0.1, 0.15) is 0 Å². The Hall–Kier alpha value is -0.340. The van der Waals surface area contributed by atoms with E-state index in [9.17, 15) is 0 Å². The maximum absolute atomic E-state index is 3.93. The number of nitrogens with one attached hydrogen (secondary N) is 1. The summed E-state index contributed by atoms with van der Waals surface area (Å²) in [4.78, 5) is 1.55. The van der Waals surface area contributed by atoms with Gasteiger partial charge in [-0.1, -0.05) is 18.9 Å². The minimum atomic E-state index is 0.644. The molecule has 1 heterocycles. The molecule has 2 aliphatic rings. The SMILES string of the molecule is C[C@@H](NC(c1cccs1)C1CC1)C1CCCC1. The summed E-state index contributed by atoms with van der Waals surface area (Å²) in [6, 6.07) is 5.84. The first-order valence-electron chi connectivity index (χ1n) is 7.14. The second-order valence-electron chi connectivity index (χ2n) is 5.83. The van der Waals surface area contributed by atoms with E-state index < -0.39 is 0 Å². The molecular formula is C15H23NS. The summed E-state index contributed by atoms with van der Waals surface area (Å²) in [7, 11) is 0. The molecule has 1 nitrogen and oxygen atoms in total. The molecule has 0 bridgehead atoms. The minimum absolute atomic E-state index is 0.644. The zero-order valence-electron chi connectivity index (χ0n) is 10.7. The van der Waals surface area contributed by atoms with Crippen molar-refractivity contribution < 1.29 is 0 Å². The zero-order chi connectivity index (χ0) is 11.7. The van der Waals surface area contributed by atoms with Crippen molar-refractivity contribution in [2.24, 2.45) is 11.8 Å². The lowest BCUT2D eigenvalue weighted by molar-refractivity contribution is 0.329. The molecule has 0 saturated heterocycles. The Labute approximate surface area is 109 Å². The van der Waals surface area contributed by atoms with Crippen molar-refractivity contribution in [2.45, 2.75) is 57.5 Å². The highest BCUT2D eigenvalue weighted by Gasteiger charge is 2.35. The Balaban J connectivity index is 1.64. The maximum Gasteiger partial charge on any atom is 0.0445 e. The second-order valence-corrected chi connectivity index (χ2v) is 6.81. The molecule has 94 valence electrons. The first-order valence-corrected chi connectivity index (χ1v) is 8.02. The van der Waals surface area contributed by atoms with Crippen molar-refractivity contribution >= 4 is 11.3 Å². The molecule has 0 amide bonds. The molecule has 0 aromatic carbocycles. The van der Waals surface area contributed by atoms with Crippen molar-refractivity contribution in [1.29, 1.82) is 0 Å². The van der Waals surface area contributed by atoms with Gasteiger partial charge in [-0.05, 0) is 55.9 Å². The molecule has 17 heavy (non-hydrogen) atoms. The van der Waals surface area contributed by atoms with E-state index in [4.69, 9.17) is 0 Å². The maximum atomic E-state index is 3.93. The van der Waals surface area contributed by atoms with Crippen LogP contribution < -0.4 is 5.32 Å². The molecule has 2 saturated carbocycles. The lowest BCUT2D eigenvalue weighted by atomic mass is 9.98. The van der Waals surface area contributed by atoms with Crippen molar-refractivity contribution in [3.05, 3.63) is 22.4 Å². The third kappa shape index (κ3) is 2.74. The molecule has 1 aromatic rings. The molecule has 0 radical (unpaired) electrons. The van der Waals surface area contributed by atoms with Crippen molar-refractivity contribution in [1.82, 2.24) is 5.32 Å². The minimum Gasteiger partial charge on any atom is -0.306 e. The van der Waals surface area contributed by atoms with Gasteiger partial charge in [0.15, 0.2) is 0 Å². The summed E-state index contributed by atoms with van der Waals surface area (Å²) in [5, 5.41) is 6.15. The Bertz CT molecular complexity index is 336. The molecule has 1 aromatic heterocycles. The molecule has 1 unspecified atom stereocenters. The van der Waals surface area contributed by atoms with E-state index in [0.29, 0.717) is 12.1 Å². The van der Waals surface area contributed by atoms with E-state index in [0.717, 1.165) is 11.8 Å². The van der Waals surface area contributed by atoms with Crippen LogP contribution in [0, 0.1) is 11.8 Å². The quantitative estimate of drug-likeness (QED) is 0.817. The summed E-state index contributed by atoms with van der Waals surface area (Å²) < 4.78 is 0. The van der Waals surface area contributed by atoms with Crippen LogP contribution in [0.2, 0.25) is 0 Å². The molecule has 1 N–H and O–H groups in total. The Morgan fingerprint density at radius 1 is 1.18 bits per heavy atom. The molecule has 2 heteroatoms. The lowest BCUT2D eigenvalue weighted by Crippen LogP contribution is -2.36. The molecule has 3 rings (SSSR count). The fourth-order valence-electron chi connectivity index (χ4n) is 3.23. The lowest BCUT2D eigenvalue weighted by Gasteiger charge is -2.26. The third-order valence-corrected chi connectivity index (χ3v) is 5.45. The van der Waals surface area contributed by atoms with Crippen LogP contribution in [-0.4, -0.2) is 6.04 Å². The van der Waals surface area contributed by atoms with Crippen LogP contribution in [0.5, 0.6) is 0 Å². The van der Waals surface area contributed by atoms with Crippen molar-refractivity contribution in [2.75, 3.05) is 0 Å². The summed E-state index contributed by atoms with van der Waals surface area (Å²) >= 11 is 1.92.